The van der Waals surface area contributed by atoms with E-state index in [1.54, 1.807) is 25.4 Å². The first-order chi connectivity index (χ1) is 7.26. The monoisotopic (exact) mass is 206 g/mol. The molecule has 0 saturated heterocycles. The average molecular weight is 206 g/mol. The van der Waals surface area contributed by atoms with Crippen molar-refractivity contribution in [3.05, 3.63) is 29.9 Å². The molecule has 0 bridgehead atoms. The van der Waals surface area contributed by atoms with E-state index >= 15 is 0 Å². The lowest BCUT2D eigenvalue weighted by Crippen LogP contribution is -2.26. The molecule has 0 aliphatic carbocycles. The number of methoxy groups -OCH3 is 2. The van der Waals surface area contributed by atoms with Gasteiger partial charge in [-0.25, -0.2) is 4.73 Å². The van der Waals surface area contributed by atoms with Gasteiger partial charge in [0.2, 0.25) is 0 Å². The Bertz CT molecular complexity index is 499. The molecule has 0 aliphatic heterocycles. The summed E-state index contributed by atoms with van der Waals surface area (Å²) in [6.07, 6.45) is 2.81. The van der Waals surface area contributed by atoms with Crippen LogP contribution in [0.3, 0.4) is 0 Å². The minimum Gasteiger partial charge on any atom is -0.710 e. The van der Waals surface area contributed by atoms with Gasteiger partial charge in [-0.2, -0.15) is 0 Å². The van der Waals surface area contributed by atoms with Crippen LogP contribution in [0.2, 0.25) is 0 Å². The molecule has 0 fully saturated rings. The number of hydrogen-bond donors (Lipinski definition) is 0. The molecular formula is C10H10N2O3. The minimum absolute atomic E-state index is 0.502. The van der Waals surface area contributed by atoms with Gasteiger partial charge in [-0.3, -0.25) is 0 Å². The molecule has 1 aromatic heterocycles. The molecule has 2 rings (SSSR count). The molecule has 1 heterocycles. The average Bonchev–Trinajstić information content (AvgIpc) is 2.28. The highest BCUT2D eigenvalue weighted by Crippen LogP contribution is 2.30. The standard InChI is InChI=1S/C10H10N2O3/c1-14-9-3-7-5-11-6-12(13)8(7)4-10(9)15-2/h3-6H,1-2H3. The van der Waals surface area contributed by atoms with Gasteiger partial charge in [0.05, 0.1) is 19.6 Å². The maximum atomic E-state index is 11.4. The van der Waals surface area contributed by atoms with E-state index in [0.717, 1.165) is 0 Å². The predicted molar refractivity (Wildman–Crippen MR) is 53.8 cm³/mol. The molecule has 0 unspecified atom stereocenters. The van der Waals surface area contributed by atoms with Gasteiger partial charge in [-0.1, -0.05) is 4.98 Å². The fourth-order valence-corrected chi connectivity index (χ4v) is 1.41. The van der Waals surface area contributed by atoms with Gasteiger partial charge in [-0.15, -0.1) is 0 Å². The summed E-state index contributed by atoms with van der Waals surface area (Å²) in [5.41, 5.74) is 0.502. The fourth-order valence-electron chi connectivity index (χ4n) is 1.41. The maximum Gasteiger partial charge on any atom is 0.289 e. The molecule has 0 atom stereocenters. The van der Waals surface area contributed by atoms with Gasteiger partial charge in [0.1, 0.15) is 5.52 Å². The second kappa shape index (κ2) is 3.61. The van der Waals surface area contributed by atoms with E-state index in [4.69, 9.17) is 9.47 Å². The Balaban J connectivity index is 2.75. The topological polar surface area (TPSA) is 58.3 Å². The minimum atomic E-state index is 0.502. The second-order valence-electron chi connectivity index (χ2n) is 2.99. The quantitative estimate of drug-likeness (QED) is 0.540. The van der Waals surface area contributed by atoms with Gasteiger partial charge >= 0.3 is 0 Å². The van der Waals surface area contributed by atoms with Crippen LogP contribution in [0.5, 0.6) is 11.5 Å². The molecule has 15 heavy (non-hydrogen) atoms. The molecule has 0 radical (unpaired) electrons. The number of aromatic nitrogens is 2. The van der Waals surface area contributed by atoms with Crippen molar-refractivity contribution in [3.63, 3.8) is 0 Å². The maximum absolute atomic E-state index is 11.4. The molecule has 5 nitrogen and oxygen atoms in total. The van der Waals surface area contributed by atoms with E-state index in [1.807, 2.05) is 0 Å². The highest BCUT2D eigenvalue weighted by Gasteiger charge is 2.09. The number of rotatable bonds is 2. The van der Waals surface area contributed by atoms with Crippen molar-refractivity contribution >= 4 is 10.9 Å². The molecular weight excluding hydrogens is 196 g/mol. The summed E-state index contributed by atoms with van der Waals surface area (Å²) in [5.74, 6) is 1.11. The number of hydrogen-bond acceptors (Lipinski definition) is 4. The van der Waals surface area contributed by atoms with Crippen molar-refractivity contribution in [2.45, 2.75) is 0 Å². The Hall–Kier alpha value is -2.04. The van der Waals surface area contributed by atoms with Crippen LogP contribution in [-0.2, 0) is 0 Å². The van der Waals surface area contributed by atoms with E-state index < -0.39 is 0 Å². The number of fused-ring (bicyclic) bond motifs is 1. The molecule has 0 N–H and O–H groups in total. The summed E-state index contributed by atoms with van der Waals surface area (Å²) >= 11 is 0. The summed E-state index contributed by atoms with van der Waals surface area (Å²) in [5, 5.41) is 12.1. The van der Waals surface area contributed by atoms with Gasteiger partial charge in [0.15, 0.2) is 17.7 Å². The molecule has 78 valence electrons. The second-order valence-corrected chi connectivity index (χ2v) is 2.99. The highest BCUT2D eigenvalue weighted by molar-refractivity contribution is 5.79. The lowest BCUT2D eigenvalue weighted by molar-refractivity contribution is -0.580. The predicted octanol–water partition coefficient (Wildman–Crippen LogP) is 0.885. The Labute approximate surface area is 86.5 Å². The van der Waals surface area contributed by atoms with Crippen molar-refractivity contribution < 1.29 is 14.2 Å². The molecule has 0 aliphatic rings. The zero-order chi connectivity index (χ0) is 10.8. The zero-order valence-electron chi connectivity index (χ0n) is 8.43. The van der Waals surface area contributed by atoms with Gasteiger partial charge in [0, 0.05) is 6.07 Å². The summed E-state index contributed by atoms with van der Waals surface area (Å²) in [6.45, 7) is 0. The third-order valence-corrected chi connectivity index (χ3v) is 2.16. The Morgan fingerprint density at radius 1 is 1.20 bits per heavy atom. The van der Waals surface area contributed by atoms with Crippen LogP contribution >= 0.6 is 0 Å². The summed E-state index contributed by atoms with van der Waals surface area (Å²) < 4.78 is 10.9. The van der Waals surface area contributed by atoms with E-state index in [0.29, 0.717) is 27.1 Å². The Morgan fingerprint density at radius 3 is 2.53 bits per heavy atom. The number of ether oxygens (including phenoxy) is 2. The summed E-state index contributed by atoms with van der Waals surface area (Å²) in [7, 11) is 3.07. The van der Waals surface area contributed by atoms with Crippen LogP contribution in [-0.4, -0.2) is 19.2 Å². The largest absolute Gasteiger partial charge is 0.710 e. The van der Waals surface area contributed by atoms with E-state index in [-0.39, 0.29) is 0 Å². The SMILES string of the molecule is COc1cc2cnc[n+]([O-])c2cc1OC. The summed E-state index contributed by atoms with van der Waals surface area (Å²) in [4.78, 5) is 3.80. The van der Waals surface area contributed by atoms with Gasteiger partial charge in [0.25, 0.3) is 6.33 Å². The third kappa shape index (κ3) is 1.52. The van der Waals surface area contributed by atoms with Crippen molar-refractivity contribution in [2.75, 3.05) is 14.2 Å². The van der Waals surface area contributed by atoms with Crippen molar-refractivity contribution in [2.24, 2.45) is 0 Å². The van der Waals surface area contributed by atoms with Crippen molar-refractivity contribution in [3.8, 4) is 11.5 Å². The normalized spacial score (nSPS) is 10.3. The van der Waals surface area contributed by atoms with Crippen LogP contribution in [0.25, 0.3) is 10.9 Å². The first kappa shape index (κ1) is 9.51. The van der Waals surface area contributed by atoms with E-state index in [9.17, 15) is 5.21 Å². The third-order valence-electron chi connectivity index (χ3n) is 2.16. The first-order valence-corrected chi connectivity index (χ1v) is 4.35. The van der Waals surface area contributed by atoms with Crippen LogP contribution in [0.15, 0.2) is 24.7 Å². The van der Waals surface area contributed by atoms with Crippen molar-refractivity contribution in [1.29, 1.82) is 0 Å². The lowest BCUT2D eigenvalue weighted by Gasteiger charge is -2.09. The molecule has 0 spiro atoms. The lowest BCUT2D eigenvalue weighted by atomic mass is 10.2. The number of benzene rings is 1. The molecule has 5 heteroatoms. The van der Waals surface area contributed by atoms with Crippen LogP contribution < -0.4 is 14.2 Å². The smallest absolute Gasteiger partial charge is 0.289 e. The molecule has 0 saturated carbocycles. The molecule has 1 aromatic carbocycles. The Kier molecular flexibility index (Phi) is 2.29. The van der Waals surface area contributed by atoms with Gasteiger partial charge < -0.3 is 14.7 Å². The van der Waals surface area contributed by atoms with Crippen LogP contribution in [0, 0.1) is 5.21 Å². The van der Waals surface area contributed by atoms with Gasteiger partial charge in [-0.05, 0) is 6.07 Å². The highest BCUT2D eigenvalue weighted by atomic mass is 16.5. The van der Waals surface area contributed by atoms with Crippen molar-refractivity contribution in [1.82, 2.24) is 4.98 Å². The van der Waals surface area contributed by atoms with Crippen LogP contribution in [0.1, 0.15) is 0 Å². The first-order valence-electron chi connectivity index (χ1n) is 4.35. The van der Waals surface area contributed by atoms with E-state index in [2.05, 4.69) is 4.98 Å². The molecule has 2 aromatic rings. The Morgan fingerprint density at radius 2 is 1.87 bits per heavy atom. The van der Waals surface area contributed by atoms with E-state index in [1.165, 1.54) is 13.4 Å². The van der Waals surface area contributed by atoms with Crippen LogP contribution in [0.4, 0.5) is 0 Å². The zero-order valence-corrected chi connectivity index (χ0v) is 8.43. The molecule has 0 amide bonds. The fraction of sp³-hybridized carbons (Fsp3) is 0.200. The number of nitrogens with zero attached hydrogens (tertiary/aromatic N) is 2. The summed E-state index contributed by atoms with van der Waals surface area (Å²) in [6, 6.07) is 3.35.